The molecule has 0 unspecified atom stereocenters. The van der Waals surface area contributed by atoms with Crippen LogP contribution in [0.5, 0.6) is 0 Å². The number of nitrogens with zero attached hydrogens (tertiary/aromatic N) is 1. The highest BCUT2D eigenvalue weighted by atomic mass is 32.1. The third-order valence-electron chi connectivity index (χ3n) is 2.20. The molecular formula is C9H11NO2S. The lowest BCUT2D eigenvalue weighted by Gasteiger charge is -1.98. The molecule has 3 nitrogen and oxygen atoms in total. The molecule has 1 aliphatic rings. The van der Waals surface area contributed by atoms with Crippen molar-refractivity contribution in [1.29, 1.82) is 0 Å². The average molecular weight is 197 g/mol. The molecular weight excluding hydrogens is 186 g/mol. The summed E-state index contributed by atoms with van der Waals surface area (Å²) >= 11 is 1.61. The van der Waals surface area contributed by atoms with Crippen LogP contribution in [0.2, 0.25) is 0 Å². The van der Waals surface area contributed by atoms with Gasteiger partial charge in [0.05, 0.1) is 18.0 Å². The van der Waals surface area contributed by atoms with E-state index in [1.54, 1.807) is 16.8 Å². The highest BCUT2D eigenvalue weighted by molar-refractivity contribution is 7.09. The molecule has 0 amide bonds. The molecule has 1 aromatic heterocycles. The van der Waals surface area contributed by atoms with Crippen molar-refractivity contribution >= 4 is 17.3 Å². The number of esters is 1. The fourth-order valence-corrected chi connectivity index (χ4v) is 2.23. The lowest BCUT2D eigenvalue weighted by atomic mass is 10.3. The van der Waals surface area contributed by atoms with Crippen molar-refractivity contribution in [2.45, 2.75) is 19.3 Å². The first kappa shape index (κ1) is 8.69. The molecule has 1 aromatic rings. The second kappa shape index (κ2) is 3.46. The first-order valence-electron chi connectivity index (χ1n) is 4.38. The minimum atomic E-state index is -0.0547. The maximum Gasteiger partial charge on any atom is 0.309 e. The van der Waals surface area contributed by atoms with E-state index in [2.05, 4.69) is 4.98 Å². The number of carbonyl (C=O) groups excluding carboxylic acids is 1. The largest absolute Gasteiger partial charge is 0.466 e. The molecule has 1 heterocycles. The molecule has 70 valence electrons. The summed E-state index contributed by atoms with van der Waals surface area (Å²) in [7, 11) is 0. The number of aromatic nitrogens is 1. The molecule has 0 radical (unpaired) electrons. The van der Waals surface area contributed by atoms with E-state index in [0.29, 0.717) is 12.5 Å². The van der Waals surface area contributed by atoms with Crippen molar-refractivity contribution < 1.29 is 9.53 Å². The van der Waals surface area contributed by atoms with Crippen molar-refractivity contribution in [1.82, 2.24) is 4.98 Å². The van der Waals surface area contributed by atoms with Gasteiger partial charge in [0.15, 0.2) is 0 Å². The second-order valence-electron chi connectivity index (χ2n) is 3.10. The molecule has 0 bridgehead atoms. The Bertz CT molecular complexity index is 297. The van der Waals surface area contributed by atoms with Gasteiger partial charge < -0.3 is 4.74 Å². The fourth-order valence-electron chi connectivity index (χ4n) is 1.43. The van der Waals surface area contributed by atoms with Crippen LogP contribution in [-0.4, -0.2) is 17.6 Å². The van der Waals surface area contributed by atoms with E-state index in [-0.39, 0.29) is 11.9 Å². The second-order valence-corrected chi connectivity index (χ2v) is 4.02. The van der Waals surface area contributed by atoms with E-state index >= 15 is 0 Å². The highest BCUT2D eigenvalue weighted by Crippen LogP contribution is 2.49. The molecule has 0 N–H and O–H groups in total. The first-order chi connectivity index (χ1) is 6.33. The van der Waals surface area contributed by atoms with Crippen molar-refractivity contribution in [3.63, 3.8) is 0 Å². The predicted octanol–water partition coefficient (Wildman–Crippen LogP) is 1.81. The van der Waals surface area contributed by atoms with Crippen LogP contribution < -0.4 is 0 Å². The Balaban J connectivity index is 1.92. The van der Waals surface area contributed by atoms with E-state index in [1.807, 2.05) is 13.1 Å². The van der Waals surface area contributed by atoms with Crippen LogP contribution in [0, 0.1) is 5.92 Å². The summed E-state index contributed by atoms with van der Waals surface area (Å²) in [4.78, 5) is 16.5. The molecule has 0 spiro atoms. The Morgan fingerprint density at radius 3 is 3.31 bits per heavy atom. The van der Waals surface area contributed by atoms with E-state index in [9.17, 15) is 4.79 Å². The van der Waals surface area contributed by atoms with Crippen molar-refractivity contribution in [2.24, 2.45) is 5.92 Å². The van der Waals surface area contributed by atoms with Gasteiger partial charge in [-0.1, -0.05) is 0 Å². The summed E-state index contributed by atoms with van der Waals surface area (Å²) in [6.07, 6.45) is 2.77. The van der Waals surface area contributed by atoms with Crippen molar-refractivity contribution in [3.8, 4) is 0 Å². The molecule has 2 rings (SSSR count). The third-order valence-corrected chi connectivity index (χ3v) is 3.10. The Hall–Kier alpha value is -0.900. The summed E-state index contributed by atoms with van der Waals surface area (Å²) in [6, 6.07) is 0. The molecule has 0 aliphatic heterocycles. The maximum atomic E-state index is 11.3. The van der Waals surface area contributed by atoms with Gasteiger partial charge in [-0.05, 0) is 13.3 Å². The predicted molar refractivity (Wildman–Crippen MR) is 49.6 cm³/mol. The lowest BCUT2D eigenvalue weighted by Crippen LogP contribution is -2.06. The topological polar surface area (TPSA) is 39.2 Å². The minimum absolute atomic E-state index is 0.0547. The zero-order valence-electron chi connectivity index (χ0n) is 7.40. The zero-order valence-corrected chi connectivity index (χ0v) is 8.21. The van der Waals surface area contributed by atoms with Crippen LogP contribution in [-0.2, 0) is 9.53 Å². The van der Waals surface area contributed by atoms with Crippen molar-refractivity contribution in [2.75, 3.05) is 6.61 Å². The van der Waals surface area contributed by atoms with E-state index in [1.165, 1.54) is 4.88 Å². The number of hydrogen-bond acceptors (Lipinski definition) is 4. The van der Waals surface area contributed by atoms with Gasteiger partial charge in [0.2, 0.25) is 0 Å². The Labute approximate surface area is 80.8 Å². The van der Waals surface area contributed by atoms with Crippen LogP contribution in [0.3, 0.4) is 0 Å². The zero-order chi connectivity index (χ0) is 9.26. The number of ether oxygens (including phenoxy) is 1. The van der Waals surface area contributed by atoms with Crippen molar-refractivity contribution in [3.05, 3.63) is 16.6 Å². The molecule has 0 saturated heterocycles. The molecule has 2 atom stereocenters. The van der Waals surface area contributed by atoms with Gasteiger partial charge in [0.1, 0.15) is 0 Å². The van der Waals surface area contributed by atoms with Crippen LogP contribution >= 0.6 is 11.3 Å². The SMILES string of the molecule is CCOC(=O)[C@@H]1C[C@H]1c1cncs1. The number of carbonyl (C=O) groups is 1. The van der Waals surface area contributed by atoms with Crippen LogP contribution in [0.15, 0.2) is 11.7 Å². The summed E-state index contributed by atoms with van der Waals surface area (Å²) in [5.41, 5.74) is 1.80. The smallest absolute Gasteiger partial charge is 0.309 e. The standard InChI is InChI=1S/C9H11NO2S/c1-2-12-9(11)7-3-6(7)8-4-10-5-13-8/h4-7H,2-3H2,1H3/t6-,7-/m1/s1. The Morgan fingerprint density at radius 1 is 1.85 bits per heavy atom. The normalized spacial score (nSPS) is 25.6. The number of rotatable bonds is 3. The molecule has 1 saturated carbocycles. The average Bonchev–Trinajstić information content (AvgIpc) is 2.74. The number of thiazole rings is 1. The van der Waals surface area contributed by atoms with Gasteiger partial charge in [-0.25, -0.2) is 0 Å². The molecule has 4 heteroatoms. The minimum Gasteiger partial charge on any atom is -0.466 e. The quantitative estimate of drug-likeness (QED) is 0.694. The summed E-state index contributed by atoms with van der Waals surface area (Å²) < 4.78 is 4.94. The molecule has 1 fully saturated rings. The van der Waals surface area contributed by atoms with Crippen LogP contribution in [0.25, 0.3) is 0 Å². The van der Waals surface area contributed by atoms with E-state index < -0.39 is 0 Å². The summed E-state index contributed by atoms with van der Waals surface area (Å²) in [5.74, 6) is 0.424. The van der Waals surface area contributed by atoms with Crippen LogP contribution in [0.4, 0.5) is 0 Å². The molecule has 0 aromatic carbocycles. The Kier molecular flexibility index (Phi) is 2.31. The maximum absolute atomic E-state index is 11.3. The van der Waals surface area contributed by atoms with E-state index in [0.717, 1.165) is 6.42 Å². The van der Waals surface area contributed by atoms with Gasteiger partial charge in [0, 0.05) is 17.0 Å². The summed E-state index contributed by atoms with van der Waals surface area (Å²) in [6.45, 7) is 2.31. The van der Waals surface area contributed by atoms with E-state index in [4.69, 9.17) is 4.74 Å². The third kappa shape index (κ3) is 1.72. The summed E-state index contributed by atoms with van der Waals surface area (Å²) in [5, 5.41) is 0. The first-order valence-corrected chi connectivity index (χ1v) is 5.26. The fraction of sp³-hybridized carbons (Fsp3) is 0.556. The molecule has 1 aliphatic carbocycles. The van der Waals surface area contributed by atoms with Crippen LogP contribution in [0.1, 0.15) is 24.1 Å². The lowest BCUT2D eigenvalue weighted by molar-refractivity contribution is -0.144. The van der Waals surface area contributed by atoms with Gasteiger partial charge in [-0.2, -0.15) is 0 Å². The monoisotopic (exact) mass is 197 g/mol. The number of hydrogen-bond donors (Lipinski definition) is 0. The van der Waals surface area contributed by atoms with Gasteiger partial charge >= 0.3 is 5.97 Å². The molecule has 13 heavy (non-hydrogen) atoms. The van der Waals surface area contributed by atoms with Gasteiger partial charge in [0.25, 0.3) is 0 Å². The Morgan fingerprint density at radius 2 is 2.69 bits per heavy atom. The van der Waals surface area contributed by atoms with Gasteiger partial charge in [-0.15, -0.1) is 11.3 Å². The highest BCUT2D eigenvalue weighted by Gasteiger charge is 2.45. The van der Waals surface area contributed by atoms with Gasteiger partial charge in [-0.3, -0.25) is 9.78 Å².